The summed E-state index contributed by atoms with van der Waals surface area (Å²) in [6, 6.07) is 21.5. The van der Waals surface area contributed by atoms with Gasteiger partial charge in [-0.15, -0.1) is 11.8 Å². The fourth-order valence-corrected chi connectivity index (χ4v) is 7.69. The average molecular weight is 649 g/mol. The van der Waals surface area contributed by atoms with Crippen LogP contribution in [0.4, 0.5) is 0 Å². The highest BCUT2D eigenvalue weighted by Gasteiger charge is 2.37. The minimum absolute atomic E-state index is 0.00602. The first kappa shape index (κ1) is 31.2. The lowest BCUT2D eigenvalue weighted by Crippen LogP contribution is -2.39. The van der Waals surface area contributed by atoms with Gasteiger partial charge in [0.05, 0.1) is 49.3 Å². The number of imidazole rings is 2. The van der Waals surface area contributed by atoms with Crippen molar-refractivity contribution in [2.45, 2.75) is 44.5 Å². The van der Waals surface area contributed by atoms with Crippen molar-refractivity contribution in [3.63, 3.8) is 0 Å². The van der Waals surface area contributed by atoms with Crippen LogP contribution in [-0.4, -0.2) is 62.7 Å². The Bertz CT molecular complexity index is 1890. The molecule has 3 atom stereocenters. The molecule has 10 heteroatoms. The van der Waals surface area contributed by atoms with Crippen LogP contribution in [0.25, 0.3) is 44.4 Å². The number of nitrogens with one attached hydrogen (secondary N) is 3. The van der Waals surface area contributed by atoms with Crippen LogP contribution in [0.3, 0.4) is 0 Å². The van der Waals surface area contributed by atoms with Crippen LogP contribution in [-0.2, 0) is 14.3 Å². The summed E-state index contributed by atoms with van der Waals surface area (Å²) in [6.45, 7) is 5.63. The van der Waals surface area contributed by atoms with Gasteiger partial charge in [-0.05, 0) is 58.4 Å². The maximum atomic E-state index is 13.6. The summed E-state index contributed by atoms with van der Waals surface area (Å²) in [6.07, 6.45) is 5.60. The second-order valence-corrected chi connectivity index (χ2v) is 14.0. The third kappa shape index (κ3) is 6.44. The normalized spacial score (nSPS) is 18.7. The van der Waals surface area contributed by atoms with Crippen molar-refractivity contribution >= 4 is 34.4 Å². The minimum Gasteiger partial charge on any atom is -0.469 e. The van der Waals surface area contributed by atoms with Gasteiger partial charge in [0.25, 0.3) is 0 Å². The third-order valence-electron chi connectivity index (χ3n) is 9.42. The number of amides is 1. The van der Waals surface area contributed by atoms with Crippen LogP contribution in [0, 0.1) is 11.8 Å². The smallest absolute Gasteiger partial charge is 0.306 e. The van der Waals surface area contributed by atoms with Gasteiger partial charge in [-0.2, -0.15) is 0 Å². The number of hydrogen-bond acceptors (Lipinski definition) is 7. The van der Waals surface area contributed by atoms with E-state index in [0.29, 0.717) is 6.54 Å². The number of benzene rings is 3. The highest BCUT2D eigenvalue weighted by molar-refractivity contribution is 7.99. The number of carbonyl (C=O) groups excluding carboxylic acids is 2. The number of hydrogen-bond donors (Lipinski definition) is 3. The fraction of sp³-hybridized carbons (Fsp3) is 0.351. The number of rotatable bonds is 9. The number of fused-ring (bicyclic) bond motifs is 1. The van der Waals surface area contributed by atoms with Crippen molar-refractivity contribution in [1.29, 1.82) is 0 Å². The highest BCUT2D eigenvalue weighted by atomic mass is 32.2. The third-order valence-corrected chi connectivity index (χ3v) is 10.6. The molecule has 2 fully saturated rings. The number of likely N-dealkylation sites (tertiary alicyclic amines) is 1. The van der Waals surface area contributed by atoms with Crippen LogP contribution in [0.15, 0.2) is 73.1 Å². The SMILES string of the molecule is COC(=O)C[C@H](C(=O)N1CCC[C@H]1c1ncc(-c2ccc3cc(-c4ccc(-c5cnc([C@H]6NCCS6)[nH]5)cc4)ccc3c2)[nH]1)C(C)C. The molecule has 3 aromatic carbocycles. The molecule has 0 aliphatic carbocycles. The van der Waals surface area contributed by atoms with E-state index in [2.05, 4.69) is 80.9 Å². The number of methoxy groups -OCH3 is 1. The van der Waals surface area contributed by atoms with E-state index in [-0.39, 0.29) is 35.6 Å². The second kappa shape index (κ2) is 13.4. The lowest BCUT2D eigenvalue weighted by Gasteiger charge is -2.29. The number of aromatic nitrogens is 4. The minimum atomic E-state index is -0.413. The summed E-state index contributed by atoms with van der Waals surface area (Å²) in [4.78, 5) is 43.8. The molecule has 0 bridgehead atoms. The predicted octanol–water partition coefficient (Wildman–Crippen LogP) is 7.12. The van der Waals surface area contributed by atoms with E-state index in [0.717, 1.165) is 81.2 Å². The van der Waals surface area contributed by atoms with Crippen LogP contribution in [0.1, 0.15) is 56.2 Å². The number of H-pyrrole nitrogens is 2. The van der Waals surface area contributed by atoms with Gasteiger partial charge in [-0.25, -0.2) is 9.97 Å². The highest BCUT2D eigenvalue weighted by Crippen LogP contribution is 2.36. The molecule has 5 aromatic rings. The Balaban J connectivity index is 1.06. The molecule has 1 amide bonds. The second-order valence-electron chi connectivity index (χ2n) is 12.7. The molecule has 4 heterocycles. The summed E-state index contributed by atoms with van der Waals surface area (Å²) in [5.41, 5.74) is 6.42. The van der Waals surface area contributed by atoms with E-state index < -0.39 is 5.92 Å². The van der Waals surface area contributed by atoms with Gasteiger partial charge in [0.2, 0.25) is 5.91 Å². The van der Waals surface area contributed by atoms with Gasteiger partial charge in [0.15, 0.2) is 0 Å². The molecule has 0 saturated carbocycles. The first-order valence-electron chi connectivity index (χ1n) is 16.3. The Morgan fingerprint density at radius 3 is 2.23 bits per heavy atom. The van der Waals surface area contributed by atoms with Crippen molar-refractivity contribution in [2.24, 2.45) is 11.8 Å². The number of aromatic amines is 2. The summed E-state index contributed by atoms with van der Waals surface area (Å²) in [5, 5.41) is 6.01. The Kier molecular flexibility index (Phi) is 8.88. The molecular formula is C37H40N6O3S. The first-order valence-corrected chi connectivity index (χ1v) is 17.4. The van der Waals surface area contributed by atoms with Gasteiger partial charge >= 0.3 is 5.97 Å². The molecule has 2 aliphatic rings. The Labute approximate surface area is 278 Å². The number of ether oxygens (including phenoxy) is 1. The number of thioether (sulfide) groups is 1. The van der Waals surface area contributed by atoms with E-state index >= 15 is 0 Å². The molecule has 0 radical (unpaired) electrons. The summed E-state index contributed by atoms with van der Waals surface area (Å²) in [5.74, 6) is 2.12. The molecule has 47 heavy (non-hydrogen) atoms. The van der Waals surface area contributed by atoms with E-state index in [1.165, 1.54) is 7.11 Å². The van der Waals surface area contributed by atoms with Crippen LogP contribution in [0.5, 0.6) is 0 Å². The number of nitrogens with zero attached hydrogens (tertiary/aromatic N) is 3. The van der Waals surface area contributed by atoms with Crippen LogP contribution < -0.4 is 5.32 Å². The molecule has 2 aliphatic heterocycles. The van der Waals surface area contributed by atoms with Crippen LogP contribution >= 0.6 is 11.8 Å². The van der Waals surface area contributed by atoms with Gasteiger partial charge in [0.1, 0.15) is 17.0 Å². The number of carbonyl (C=O) groups is 2. The topological polar surface area (TPSA) is 116 Å². The largest absolute Gasteiger partial charge is 0.469 e. The Morgan fingerprint density at radius 1 is 0.894 bits per heavy atom. The maximum absolute atomic E-state index is 13.6. The molecular weight excluding hydrogens is 609 g/mol. The molecule has 2 aromatic heterocycles. The first-order chi connectivity index (χ1) is 22.9. The number of esters is 1. The van der Waals surface area contributed by atoms with Gasteiger partial charge in [-0.1, -0.05) is 62.4 Å². The van der Waals surface area contributed by atoms with Gasteiger partial charge in [-0.3, -0.25) is 14.9 Å². The van der Waals surface area contributed by atoms with Crippen molar-refractivity contribution < 1.29 is 14.3 Å². The molecule has 9 nitrogen and oxygen atoms in total. The Hall–Kier alpha value is -4.41. The zero-order valence-corrected chi connectivity index (χ0v) is 27.8. The van der Waals surface area contributed by atoms with Crippen molar-refractivity contribution in [2.75, 3.05) is 26.0 Å². The van der Waals surface area contributed by atoms with Crippen molar-refractivity contribution in [3.05, 3.63) is 84.7 Å². The lowest BCUT2D eigenvalue weighted by molar-refractivity contribution is -0.148. The van der Waals surface area contributed by atoms with E-state index in [1.54, 1.807) is 0 Å². The fourth-order valence-electron chi connectivity index (χ4n) is 6.70. The lowest BCUT2D eigenvalue weighted by atomic mass is 9.91. The van der Waals surface area contributed by atoms with Gasteiger partial charge in [0, 0.05) is 24.4 Å². The quantitative estimate of drug-likeness (QED) is 0.146. The molecule has 3 N–H and O–H groups in total. The Morgan fingerprint density at radius 2 is 1.53 bits per heavy atom. The van der Waals surface area contributed by atoms with E-state index in [1.807, 2.05) is 42.9 Å². The monoisotopic (exact) mass is 648 g/mol. The molecule has 7 rings (SSSR count). The predicted molar refractivity (Wildman–Crippen MR) is 186 cm³/mol. The molecule has 0 spiro atoms. The van der Waals surface area contributed by atoms with E-state index in [9.17, 15) is 9.59 Å². The zero-order chi connectivity index (χ0) is 32.5. The van der Waals surface area contributed by atoms with E-state index in [4.69, 9.17) is 9.72 Å². The standard InChI is InChI=1S/C37H40N6O3S/c1-22(2)29(19-33(44)46-3)37(45)43-15-4-5-32(43)34-39-21-31(41-34)28-13-12-26-17-25(10-11-27(26)18-28)23-6-8-24(9-7-23)30-20-40-35(42-30)36-38-14-16-47-36/h6-13,17-18,20-22,29,32,36,38H,4-5,14-16,19H2,1-3H3,(H,39,41)(H,40,42)/t29-,32-,36-/m0/s1. The zero-order valence-electron chi connectivity index (χ0n) is 27.0. The summed E-state index contributed by atoms with van der Waals surface area (Å²) in [7, 11) is 1.36. The summed E-state index contributed by atoms with van der Waals surface area (Å²) < 4.78 is 4.87. The molecule has 242 valence electrons. The maximum Gasteiger partial charge on any atom is 0.306 e. The molecule has 2 saturated heterocycles. The van der Waals surface area contributed by atoms with Crippen LogP contribution in [0.2, 0.25) is 0 Å². The summed E-state index contributed by atoms with van der Waals surface area (Å²) >= 11 is 1.88. The van der Waals surface area contributed by atoms with Crippen molar-refractivity contribution in [3.8, 4) is 33.6 Å². The van der Waals surface area contributed by atoms with Gasteiger partial charge < -0.3 is 19.6 Å². The average Bonchev–Trinajstić information content (AvgIpc) is 3.93. The van der Waals surface area contributed by atoms with Crippen molar-refractivity contribution in [1.82, 2.24) is 30.2 Å². The molecule has 0 unspecified atom stereocenters.